The Morgan fingerprint density at radius 2 is 1.83 bits per heavy atom. The fourth-order valence-corrected chi connectivity index (χ4v) is 1.55. The minimum Gasteiger partial charge on any atom is -0.354 e. The molecule has 0 aliphatic heterocycles. The molecule has 0 radical (unpaired) electrons. The Labute approximate surface area is 114 Å². The average molecular weight is 275 g/mol. The summed E-state index contributed by atoms with van der Waals surface area (Å²) in [5.41, 5.74) is 0.792. The van der Waals surface area contributed by atoms with Gasteiger partial charge in [0.1, 0.15) is 5.82 Å². The van der Waals surface area contributed by atoms with E-state index in [1.54, 1.807) is 19.2 Å². The number of carbonyl (C=O) groups is 1. The van der Waals surface area contributed by atoms with Crippen LogP contribution in [0.25, 0.3) is 0 Å². The van der Waals surface area contributed by atoms with Crippen LogP contribution in [-0.4, -0.2) is 26.0 Å². The molecule has 0 heterocycles. The van der Waals surface area contributed by atoms with Crippen molar-refractivity contribution < 1.29 is 9.18 Å². The number of amides is 1. The van der Waals surface area contributed by atoms with Gasteiger partial charge < -0.3 is 10.6 Å². The van der Waals surface area contributed by atoms with Crippen LogP contribution in [0, 0.1) is 5.82 Å². The summed E-state index contributed by atoms with van der Waals surface area (Å²) in [4.78, 5) is 11.3. The number of hydrogen-bond donors (Lipinski definition) is 2. The topological polar surface area (TPSA) is 41.1 Å². The highest BCUT2D eigenvalue weighted by Gasteiger charge is 2.21. The van der Waals surface area contributed by atoms with Crippen molar-refractivity contribution in [2.75, 3.05) is 20.1 Å². The highest BCUT2D eigenvalue weighted by molar-refractivity contribution is 5.85. The third-order valence-corrected chi connectivity index (χ3v) is 2.69. The van der Waals surface area contributed by atoms with Gasteiger partial charge in [-0.05, 0) is 24.7 Å². The smallest absolute Gasteiger partial charge is 0.233 e. The zero-order valence-electron chi connectivity index (χ0n) is 10.9. The second-order valence-electron chi connectivity index (χ2n) is 4.70. The van der Waals surface area contributed by atoms with Gasteiger partial charge in [-0.3, -0.25) is 4.79 Å². The molecule has 102 valence electrons. The van der Waals surface area contributed by atoms with Crippen molar-refractivity contribution in [3.8, 4) is 0 Å². The van der Waals surface area contributed by atoms with Gasteiger partial charge in [-0.25, -0.2) is 4.39 Å². The van der Waals surface area contributed by atoms with E-state index in [1.807, 2.05) is 13.8 Å². The lowest BCUT2D eigenvalue weighted by molar-refractivity contribution is -0.120. The molecule has 3 nitrogen and oxygen atoms in total. The summed E-state index contributed by atoms with van der Waals surface area (Å²) in [6, 6.07) is 6.37. The number of benzene rings is 1. The van der Waals surface area contributed by atoms with Gasteiger partial charge in [-0.2, -0.15) is 0 Å². The van der Waals surface area contributed by atoms with Gasteiger partial charge in [-0.1, -0.05) is 26.0 Å². The normalized spacial score (nSPS) is 10.7. The van der Waals surface area contributed by atoms with Crippen LogP contribution in [-0.2, 0) is 10.2 Å². The first kappa shape index (κ1) is 16.9. The lowest BCUT2D eigenvalue weighted by atomic mass is 9.84. The van der Waals surface area contributed by atoms with Crippen molar-refractivity contribution in [1.29, 1.82) is 0 Å². The SMILES string of the molecule is CNCC(=O)NCC(C)(C)c1ccc(F)cc1.Cl. The molecule has 0 spiro atoms. The van der Waals surface area contributed by atoms with E-state index < -0.39 is 0 Å². The summed E-state index contributed by atoms with van der Waals surface area (Å²) in [6.45, 7) is 4.86. The van der Waals surface area contributed by atoms with E-state index in [0.717, 1.165) is 5.56 Å². The van der Waals surface area contributed by atoms with Gasteiger partial charge in [0.2, 0.25) is 5.91 Å². The summed E-state index contributed by atoms with van der Waals surface area (Å²) in [6.07, 6.45) is 0. The molecule has 5 heteroatoms. The summed E-state index contributed by atoms with van der Waals surface area (Å²) < 4.78 is 12.8. The summed E-state index contributed by atoms with van der Waals surface area (Å²) in [5.74, 6) is -0.286. The minimum atomic E-state index is -0.247. The number of carbonyl (C=O) groups excluding carboxylic acids is 1. The predicted molar refractivity (Wildman–Crippen MR) is 73.6 cm³/mol. The fraction of sp³-hybridized carbons (Fsp3) is 0.462. The van der Waals surface area contributed by atoms with Crippen molar-refractivity contribution >= 4 is 18.3 Å². The van der Waals surface area contributed by atoms with Crippen LogP contribution in [0.5, 0.6) is 0 Å². The molecule has 1 aromatic rings. The molecule has 0 aliphatic rings. The first-order chi connectivity index (χ1) is 7.95. The molecule has 0 saturated carbocycles. The molecular formula is C13H20ClFN2O. The Morgan fingerprint density at radius 3 is 2.33 bits per heavy atom. The zero-order valence-corrected chi connectivity index (χ0v) is 11.7. The largest absolute Gasteiger partial charge is 0.354 e. The van der Waals surface area contributed by atoms with Gasteiger partial charge >= 0.3 is 0 Å². The fourth-order valence-electron chi connectivity index (χ4n) is 1.55. The van der Waals surface area contributed by atoms with Gasteiger partial charge in [0.05, 0.1) is 6.54 Å². The molecule has 1 amide bonds. The van der Waals surface area contributed by atoms with Crippen molar-refractivity contribution in [2.45, 2.75) is 19.3 Å². The first-order valence-electron chi connectivity index (χ1n) is 5.63. The van der Waals surface area contributed by atoms with Crippen molar-refractivity contribution in [3.63, 3.8) is 0 Å². The molecule has 0 bridgehead atoms. The molecule has 0 saturated heterocycles. The number of rotatable bonds is 5. The van der Waals surface area contributed by atoms with Crippen molar-refractivity contribution in [2.24, 2.45) is 0 Å². The molecule has 0 aliphatic carbocycles. The van der Waals surface area contributed by atoms with Crippen LogP contribution in [0.4, 0.5) is 4.39 Å². The Bertz CT molecular complexity index is 379. The van der Waals surface area contributed by atoms with E-state index in [4.69, 9.17) is 0 Å². The molecule has 2 N–H and O–H groups in total. The molecule has 0 aromatic heterocycles. The molecular weight excluding hydrogens is 255 g/mol. The van der Waals surface area contributed by atoms with Gasteiger partial charge in [0.25, 0.3) is 0 Å². The second kappa shape index (κ2) is 7.34. The predicted octanol–water partition coefficient (Wildman–Crippen LogP) is 1.86. The van der Waals surface area contributed by atoms with Crippen molar-refractivity contribution in [1.82, 2.24) is 10.6 Å². The van der Waals surface area contributed by atoms with E-state index in [1.165, 1.54) is 12.1 Å². The van der Waals surface area contributed by atoms with Crippen LogP contribution in [0.2, 0.25) is 0 Å². The summed E-state index contributed by atoms with van der Waals surface area (Å²) >= 11 is 0. The zero-order chi connectivity index (χ0) is 12.9. The van der Waals surface area contributed by atoms with Crippen molar-refractivity contribution in [3.05, 3.63) is 35.6 Å². The van der Waals surface area contributed by atoms with E-state index in [0.29, 0.717) is 13.1 Å². The minimum absolute atomic E-state index is 0. The number of likely N-dealkylation sites (N-methyl/N-ethyl adjacent to an activating group) is 1. The maximum atomic E-state index is 12.8. The Balaban J connectivity index is 0.00000289. The Kier molecular flexibility index (Phi) is 6.88. The van der Waals surface area contributed by atoms with Crippen LogP contribution in [0.3, 0.4) is 0 Å². The first-order valence-corrected chi connectivity index (χ1v) is 5.63. The van der Waals surface area contributed by atoms with Crippen LogP contribution in [0.15, 0.2) is 24.3 Å². The molecule has 0 atom stereocenters. The highest BCUT2D eigenvalue weighted by Crippen LogP contribution is 2.22. The summed E-state index contributed by atoms with van der Waals surface area (Å²) in [5, 5.41) is 5.63. The van der Waals surface area contributed by atoms with E-state index in [2.05, 4.69) is 10.6 Å². The molecule has 1 rings (SSSR count). The van der Waals surface area contributed by atoms with E-state index in [-0.39, 0.29) is 29.5 Å². The van der Waals surface area contributed by atoms with Gasteiger partial charge in [0.15, 0.2) is 0 Å². The molecule has 18 heavy (non-hydrogen) atoms. The second-order valence-corrected chi connectivity index (χ2v) is 4.70. The molecule has 0 unspecified atom stereocenters. The number of hydrogen-bond acceptors (Lipinski definition) is 2. The van der Waals surface area contributed by atoms with Gasteiger partial charge in [0, 0.05) is 12.0 Å². The van der Waals surface area contributed by atoms with E-state index >= 15 is 0 Å². The number of halogens is 2. The molecule has 1 aromatic carbocycles. The maximum Gasteiger partial charge on any atom is 0.233 e. The van der Waals surface area contributed by atoms with Crippen LogP contribution >= 0.6 is 12.4 Å². The monoisotopic (exact) mass is 274 g/mol. The standard InChI is InChI=1S/C13H19FN2O.ClH/c1-13(2,9-16-12(17)8-15-3)10-4-6-11(14)7-5-10;/h4-7,15H,8-9H2,1-3H3,(H,16,17);1H. The van der Waals surface area contributed by atoms with Crippen LogP contribution in [0.1, 0.15) is 19.4 Å². The third-order valence-electron chi connectivity index (χ3n) is 2.69. The average Bonchev–Trinajstić information content (AvgIpc) is 2.28. The lowest BCUT2D eigenvalue weighted by Crippen LogP contribution is -2.40. The Morgan fingerprint density at radius 1 is 1.28 bits per heavy atom. The number of nitrogens with one attached hydrogen (secondary N) is 2. The highest BCUT2D eigenvalue weighted by atomic mass is 35.5. The molecule has 0 fully saturated rings. The quantitative estimate of drug-likeness (QED) is 0.861. The lowest BCUT2D eigenvalue weighted by Gasteiger charge is -2.25. The maximum absolute atomic E-state index is 12.8. The third kappa shape index (κ3) is 5.02. The van der Waals surface area contributed by atoms with E-state index in [9.17, 15) is 9.18 Å². The summed E-state index contributed by atoms with van der Waals surface area (Å²) in [7, 11) is 1.73. The van der Waals surface area contributed by atoms with Gasteiger partial charge in [-0.15, -0.1) is 12.4 Å². The van der Waals surface area contributed by atoms with Crippen LogP contribution < -0.4 is 10.6 Å². The Hall–Kier alpha value is -1.13.